The first-order valence-corrected chi connectivity index (χ1v) is 3.58. The zero-order valence-corrected chi connectivity index (χ0v) is 6.87. The third-order valence-corrected chi connectivity index (χ3v) is 2.02. The van der Waals surface area contributed by atoms with Crippen molar-refractivity contribution in [3.8, 4) is 0 Å². The molecular weight excluding hydrogens is 128 g/mol. The fraction of sp³-hybridized carbons (Fsp3) is 1.00. The minimum Gasteiger partial charge on any atom is -0.378 e. The van der Waals surface area contributed by atoms with Crippen molar-refractivity contribution in [1.82, 2.24) is 10.2 Å². The zero-order chi connectivity index (χ0) is 7.56. The molecule has 10 heavy (non-hydrogen) atoms. The van der Waals surface area contributed by atoms with Crippen molar-refractivity contribution >= 4 is 0 Å². The van der Waals surface area contributed by atoms with Crippen LogP contribution in [0.1, 0.15) is 0 Å². The molecular formula is C7H15N2O. The molecule has 0 spiro atoms. The lowest BCUT2D eigenvalue weighted by molar-refractivity contribution is 0.0636. The van der Waals surface area contributed by atoms with Gasteiger partial charge in [-0.15, -0.1) is 0 Å². The van der Waals surface area contributed by atoms with Crippen LogP contribution in [0.2, 0.25) is 0 Å². The molecule has 1 saturated heterocycles. The summed E-state index contributed by atoms with van der Waals surface area (Å²) in [5.74, 6) is 0. The van der Waals surface area contributed by atoms with Crippen LogP contribution in [0, 0.1) is 0 Å². The standard InChI is InChI=1S/C7H15N2O/c1-9(2)6-4-8-5-7(6)10-3/h6-7H,4-5H2,1-3H3. The average Bonchev–Trinajstić information content (AvgIpc) is 2.33. The molecule has 1 aliphatic rings. The van der Waals surface area contributed by atoms with Crippen LogP contribution < -0.4 is 5.32 Å². The summed E-state index contributed by atoms with van der Waals surface area (Å²) < 4.78 is 5.25. The molecule has 3 nitrogen and oxygen atoms in total. The van der Waals surface area contributed by atoms with Crippen LogP contribution in [0.4, 0.5) is 0 Å². The van der Waals surface area contributed by atoms with Crippen LogP contribution in [0.15, 0.2) is 0 Å². The lowest BCUT2D eigenvalue weighted by Gasteiger charge is -2.23. The van der Waals surface area contributed by atoms with Crippen LogP contribution in [0.25, 0.3) is 0 Å². The van der Waals surface area contributed by atoms with E-state index in [4.69, 9.17) is 4.74 Å². The Bertz CT molecular complexity index is 106. The van der Waals surface area contributed by atoms with E-state index in [-0.39, 0.29) is 0 Å². The van der Waals surface area contributed by atoms with Gasteiger partial charge in [0.1, 0.15) is 0 Å². The minimum absolute atomic E-state index is 0.315. The highest BCUT2D eigenvalue weighted by atomic mass is 16.5. The van der Waals surface area contributed by atoms with Crippen molar-refractivity contribution in [2.45, 2.75) is 12.1 Å². The number of hydrogen-bond donors (Lipinski definition) is 0. The molecule has 1 heterocycles. The van der Waals surface area contributed by atoms with Crippen molar-refractivity contribution in [3.63, 3.8) is 0 Å². The molecule has 1 radical (unpaired) electrons. The number of likely N-dealkylation sites (N-methyl/N-ethyl adjacent to an activating group) is 1. The SMILES string of the molecule is COC1C[N]CC1N(C)C. The van der Waals surface area contributed by atoms with Crippen LogP contribution in [-0.4, -0.2) is 51.3 Å². The van der Waals surface area contributed by atoms with E-state index < -0.39 is 0 Å². The zero-order valence-electron chi connectivity index (χ0n) is 6.87. The topological polar surface area (TPSA) is 26.6 Å². The van der Waals surface area contributed by atoms with Gasteiger partial charge < -0.3 is 9.64 Å². The van der Waals surface area contributed by atoms with E-state index in [1.807, 2.05) is 0 Å². The van der Waals surface area contributed by atoms with Gasteiger partial charge in [-0.05, 0) is 14.1 Å². The van der Waals surface area contributed by atoms with Gasteiger partial charge in [0, 0.05) is 20.2 Å². The molecule has 0 aromatic carbocycles. The summed E-state index contributed by atoms with van der Waals surface area (Å²) in [6.07, 6.45) is 0.315. The molecule has 0 aliphatic carbocycles. The molecule has 0 amide bonds. The highest BCUT2D eigenvalue weighted by Gasteiger charge is 2.28. The van der Waals surface area contributed by atoms with Crippen molar-refractivity contribution in [2.75, 3.05) is 34.3 Å². The molecule has 0 N–H and O–H groups in total. The van der Waals surface area contributed by atoms with Gasteiger partial charge in [-0.1, -0.05) is 0 Å². The lowest BCUT2D eigenvalue weighted by atomic mass is 10.2. The fourth-order valence-corrected chi connectivity index (χ4v) is 1.30. The number of nitrogens with zero attached hydrogens (tertiary/aromatic N) is 2. The summed E-state index contributed by atoms with van der Waals surface area (Å²) in [6.45, 7) is 1.78. The Morgan fingerprint density at radius 1 is 1.40 bits per heavy atom. The monoisotopic (exact) mass is 143 g/mol. The molecule has 3 heteroatoms. The summed E-state index contributed by atoms with van der Waals surface area (Å²) in [6, 6.07) is 0.491. The molecule has 0 bridgehead atoms. The van der Waals surface area contributed by atoms with E-state index in [0.29, 0.717) is 12.1 Å². The fourth-order valence-electron chi connectivity index (χ4n) is 1.30. The maximum absolute atomic E-state index is 5.25. The van der Waals surface area contributed by atoms with Gasteiger partial charge in [0.2, 0.25) is 0 Å². The molecule has 1 aliphatic heterocycles. The van der Waals surface area contributed by atoms with E-state index in [1.165, 1.54) is 0 Å². The Morgan fingerprint density at radius 3 is 2.50 bits per heavy atom. The maximum atomic E-state index is 5.25. The molecule has 59 valence electrons. The van der Waals surface area contributed by atoms with Crippen LogP contribution in [-0.2, 0) is 4.74 Å². The normalized spacial score (nSPS) is 33.6. The van der Waals surface area contributed by atoms with Gasteiger partial charge in [-0.25, -0.2) is 5.32 Å². The highest BCUT2D eigenvalue weighted by Crippen LogP contribution is 2.09. The van der Waals surface area contributed by atoms with Crippen molar-refractivity contribution < 1.29 is 4.74 Å². The number of methoxy groups -OCH3 is 1. The van der Waals surface area contributed by atoms with Crippen molar-refractivity contribution in [1.29, 1.82) is 0 Å². The average molecular weight is 143 g/mol. The molecule has 2 atom stereocenters. The van der Waals surface area contributed by atoms with Gasteiger partial charge in [-0.2, -0.15) is 0 Å². The molecule has 0 saturated carbocycles. The second-order valence-electron chi connectivity index (χ2n) is 2.89. The summed E-state index contributed by atoms with van der Waals surface area (Å²) in [5.41, 5.74) is 0. The summed E-state index contributed by atoms with van der Waals surface area (Å²) in [7, 11) is 5.89. The van der Waals surface area contributed by atoms with Crippen LogP contribution in [0.5, 0.6) is 0 Å². The molecule has 1 fully saturated rings. The Morgan fingerprint density at radius 2 is 2.10 bits per heavy atom. The van der Waals surface area contributed by atoms with Gasteiger partial charge in [0.15, 0.2) is 0 Å². The lowest BCUT2D eigenvalue weighted by Crippen LogP contribution is -2.38. The second-order valence-corrected chi connectivity index (χ2v) is 2.89. The number of rotatable bonds is 2. The summed E-state index contributed by atoms with van der Waals surface area (Å²) >= 11 is 0. The molecule has 0 aromatic rings. The molecule has 1 rings (SSSR count). The Labute approximate surface area is 62.3 Å². The summed E-state index contributed by atoms with van der Waals surface area (Å²) in [4.78, 5) is 2.17. The van der Waals surface area contributed by atoms with Crippen molar-refractivity contribution in [3.05, 3.63) is 0 Å². The van der Waals surface area contributed by atoms with Crippen molar-refractivity contribution in [2.24, 2.45) is 0 Å². The van der Waals surface area contributed by atoms with E-state index in [9.17, 15) is 0 Å². The van der Waals surface area contributed by atoms with Gasteiger partial charge in [0.25, 0.3) is 0 Å². The number of ether oxygens (including phenoxy) is 1. The molecule has 0 aromatic heterocycles. The Hall–Kier alpha value is -0.120. The van der Waals surface area contributed by atoms with E-state index in [0.717, 1.165) is 13.1 Å². The predicted octanol–water partition coefficient (Wildman–Crippen LogP) is -0.450. The van der Waals surface area contributed by atoms with Gasteiger partial charge in [-0.3, -0.25) is 0 Å². The Kier molecular flexibility index (Phi) is 2.65. The quantitative estimate of drug-likeness (QED) is 0.523. The number of hydrogen-bond acceptors (Lipinski definition) is 2. The first-order valence-electron chi connectivity index (χ1n) is 3.58. The van der Waals surface area contributed by atoms with Gasteiger partial charge in [0.05, 0.1) is 12.1 Å². The highest BCUT2D eigenvalue weighted by molar-refractivity contribution is 4.86. The third kappa shape index (κ3) is 1.48. The summed E-state index contributed by atoms with van der Waals surface area (Å²) in [5, 5.41) is 4.27. The van der Waals surface area contributed by atoms with E-state index in [1.54, 1.807) is 7.11 Å². The predicted molar refractivity (Wildman–Crippen MR) is 40.1 cm³/mol. The van der Waals surface area contributed by atoms with Gasteiger partial charge >= 0.3 is 0 Å². The van der Waals surface area contributed by atoms with Crippen LogP contribution >= 0.6 is 0 Å². The first kappa shape index (κ1) is 7.98. The van der Waals surface area contributed by atoms with E-state index >= 15 is 0 Å². The largest absolute Gasteiger partial charge is 0.378 e. The third-order valence-electron chi connectivity index (χ3n) is 2.02. The smallest absolute Gasteiger partial charge is 0.0879 e. The molecule has 2 unspecified atom stereocenters. The minimum atomic E-state index is 0.315. The van der Waals surface area contributed by atoms with E-state index in [2.05, 4.69) is 24.3 Å². The first-order chi connectivity index (χ1) is 4.75. The maximum Gasteiger partial charge on any atom is 0.0879 e. The Balaban J connectivity index is 2.42. The van der Waals surface area contributed by atoms with Crippen LogP contribution in [0.3, 0.4) is 0 Å². The second kappa shape index (κ2) is 3.32.